The van der Waals surface area contributed by atoms with E-state index in [2.05, 4.69) is 28.9 Å². The Morgan fingerprint density at radius 3 is 2.89 bits per heavy atom. The fourth-order valence-corrected chi connectivity index (χ4v) is 3.49. The molecule has 1 aliphatic heterocycles. The van der Waals surface area contributed by atoms with Crippen LogP contribution in [0.15, 0.2) is 4.52 Å². The zero-order chi connectivity index (χ0) is 13.7. The zero-order valence-electron chi connectivity index (χ0n) is 11.6. The number of nitrogens with zero attached hydrogens (tertiary/aromatic N) is 3. The van der Waals surface area contributed by atoms with E-state index in [1.807, 2.05) is 0 Å². The van der Waals surface area contributed by atoms with Gasteiger partial charge in [-0.05, 0) is 26.2 Å². The van der Waals surface area contributed by atoms with Crippen LogP contribution in [0.4, 0.5) is 0 Å². The molecule has 0 radical (unpaired) electrons. The number of hydrogen-bond donors (Lipinski definition) is 0. The van der Waals surface area contributed by atoms with E-state index in [1.54, 1.807) is 11.8 Å². The van der Waals surface area contributed by atoms with E-state index in [4.69, 9.17) is 16.7 Å². The minimum absolute atomic E-state index is 0.135. The second-order valence-corrected chi connectivity index (χ2v) is 6.85. The van der Waals surface area contributed by atoms with Crippen molar-refractivity contribution in [1.82, 2.24) is 15.0 Å². The molecule has 6 heteroatoms. The van der Waals surface area contributed by atoms with Crippen LogP contribution < -0.4 is 0 Å². The number of thiocarbonyl (C=S) groups is 1. The molecule has 1 atom stereocenters. The van der Waals surface area contributed by atoms with Crippen LogP contribution in [0, 0.1) is 0 Å². The predicted octanol–water partition coefficient (Wildman–Crippen LogP) is 3.59. The third kappa shape index (κ3) is 4.18. The van der Waals surface area contributed by atoms with Crippen LogP contribution in [0.3, 0.4) is 0 Å². The van der Waals surface area contributed by atoms with Gasteiger partial charge in [0, 0.05) is 19.5 Å². The summed E-state index contributed by atoms with van der Waals surface area (Å²) < 4.78 is 6.28. The summed E-state index contributed by atoms with van der Waals surface area (Å²) in [5.74, 6) is 1.51. The number of aromatic nitrogens is 2. The maximum absolute atomic E-state index is 5.47. The normalized spacial score (nSPS) is 16.8. The standard InChI is InChI=1S/C13H21N3OS2/c1-3-4-7-11-14-12(17-15-11)10(2)19-13(18)16-8-5-6-9-16/h10H,3-9H2,1-2H3. The lowest BCUT2D eigenvalue weighted by molar-refractivity contribution is 0.374. The van der Waals surface area contributed by atoms with Crippen LogP contribution in [0.5, 0.6) is 0 Å². The largest absolute Gasteiger partial charge is 0.358 e. The molecule has 1 saturated heterocycles. The van der Waals surface area contributed by atoms with Crippen molar-refractivity contribution < 1.29 is 4.52 Å². The van der Waals surface area contributed by atoms with E-state index in [1.165, 1.54) is 12.8 Å². The quantitative estimate of drug-likeness (QED) is 0.774. The Hall–Kier alpha value is -0.620. The Bertz CT molecular complexity index is 416. The summed E-state index contributed by atoms with van der Waals surface area (Å²) in [5, 5.41) is 4.16. The molecule has 0 N–H and O–H groups in total. The Kier molecular flexibility index (Phi) is 5.63. The summed E-state index contributed by atoms with van der Waals surface area (Å²) in [4.78, 5) is 6.72. The number of hydrogen-bond acceptors (Lipinski definition) is 5. The predicted molar refractivity (Wildman–Crippen MR) is 82.3 cm³/mol. The van der Waals surface area contributed by atoms with Crippen molar-refractivity contribution in [3.8, 4) is 0 Å². The van der Waals surface area contributed by atoms with Crippen LogP contribution in [0.1, 0.15) is 56.5 Å². The Morgan fingerprint density at radius 1 is 1.47 bits per heavy atom. The Morgan fingerprint density at radius 2 is 2.21 bits per heavy atom. The molecule has 2 heterocycles. The van der Waals surface area contributed by atoms with Gasteiger partial charge in [-0.2, -0.15) is 4.98 Å². The fourth-order valence-electron chi connectivity index (χ4n) is 2.04. The summed E-state index contributed by atoms with van der Waals surface area (Å²) in [6, 6.07) is 0. The Labute approximate surface area is 124 Å². The summed E-state index contributed by atoms with van der Waals surface area (Å²) in [5.41, 5.74) is 0. The summed E-state index contributed by atoms with van der Waals surface area (Å²) >= 11 is 7.11. The van der Waals surface area contributed by atoms with E-state index >= 15 is 0 Å². The number of likely N-dealkylation sites (tertiary alicyclic amines) is 1. The first-order chi connectivity index (χ1) is 9.20. The van der Waals surface area contributed by atoms with Crippen molar-refractivity contribution in [2.75, 3.05) is 13.1 Å². The van der Waals surface area contributed by atoms with E-state index in [0.717, 1.165) is 42.5 Å². The maximum Gasteiger partial charge on any atom is 0.239 e. The summed E-state index contributed by atoms with van der Waals surface area (Å²) in [6.07, 6.45) is 5.64. The lowest BCUT2D eigenvalue weighted by atomic mass is 10.2. The average molecular weight is 299 g/mol. The highest BCUT2D eigenvalue weighted by molar-refractivity contribution is 8.23. The first-order valence-electron chi connectivity index (χ1n) is 6.98. The van der Waals surface area contributed by atoms with Gasteiger partial charge in [0.25, 0.3) is 0 Å². The molecular weight excluding hydrogens is 278 g/mol. The molecule has 1 aromatic rings. The number of unbranched alkanes of at least 4 members (excludes halogenated alkanes) is 1. The number of aryl methyl sites for hydroxylation is 1. The second-order valence-electron chi connectivity index (χ2n) is 4.87. The SMILES string of the molecule is CCCCc1noc(C(C)SC(=S)N2CCCC2)n1. The third-order valence-electron chi connectivity index (χ3n) is 3.23. The molecule has 1 unspecified atom stereocenters. The Balaban J connectivity index is 1.86. The van der Waals surface area contributed by atoms with Gasteiger partial charge in [0.05, 0.1) is 5.25 Å². The molecule has 1 fully saturated rings. The zero-order valence-corrected chi connectivity index (χ0v) is 13.2. The lowest BCUT2D eigenvalue weighted by Crippen LogP contribution is -2.23. The van der Waals surface area contributed by atoms with Gasteiger partial charge >= 0.3 is 0 Å². The van der Waals surface area contributed by atoms with Crippen molar-refractivity contribution in [2.45, 2.75) is 51.2 Å². The molecule has 1 aromatic heterocycles. The van der Waals surface area contributed by atoms with Gasteiger partial charge in [0.15, 0.2) is 5.82 Å². The van der Waals surface area contributed by atoms with E-state index in [9.17, 15) is 0 Å². The number of thioether (sulfide) groups is 1. The number of rotatable bonds is 5. The fraction of sp³-hybridized carbons (Fsp3) is 0.769. The highest BCUT2D eigenvalue weighted by Crippen LogP contribution is 2.30. The van der Waals surface area contributed by atoms with Crippen LogP contribution in [-0.4, -0.2) is 32.5 Å². The molecule has 106 valence electrons. The highest BCUT2D eigenvalue weighted by atomic mass is 32.2. The minimum atomic E-state index is 0.135. The van der Waals surface area contributed by atoms with Crippen LogP contribution >= 0.6 is 24.0 Å². The molecule has 4 nitrogen and oxygen atoms in total. The maximum atomic E-state index is 5.47. The monoisotopic (exact) mass is 299 g/mol. The second kappa shape index (κ2) is 7.24. The van der Waals surface area contributed by atoms with E-state index in [0.29, 0.717) is 5.89 Å². The minimum Gasteiger partial charge on any atom is -0.358 e. The van der Waals surface area contributed by atoms with Gasteiger partial charge in [0.2, 0.25) is 5.89 Å². The first-order valence-corrected chi connectivity index (χ1v) is 8.27. The molecule has 0 amide bonds. The van der Waals surface area contributed by atoms with Crippen molar-refractivity contribution in [3.63, 3.8) is 0 Å². The molecular formula is C13H21N3OS2. The molecule has 0 spiro atoms. The molecule has 0 bridgehead atoms. The van der Waals surface area contributed by atoms with Crippen molar-refractivity contribution >= 4 is 28.3 Å². The van der Waals surface area contributed by atoms with Crippen LogP contribution in [0.2, 0.25) is 0 Å². The average Bonchev–Trinajstić information content (AvgIpc) is 3.07. The third-order valence-corrected chi connectivity index (χ3v) is 4.79. The van der Waals surface area contributed by atoms with Gasteiger partial charge in [-0.15, -0.1) is 0 Å². The summed E-state index contributed by atoms with van der Waals surface area (Å²) in [7, 11) is 0. The van der Waals surface area contributed by atoms with Crippen LogP contribution in [-0.2, 0) is 6.42 Å². The summed E-state index contributed by atoms with van der Waals surface area (Å²) in [6.45, 7) is 6.41. The highest BCUT2D eigenvalue weighted by Gasteiger charge is 2.21. The molecule has 1 aliphatic rings. The smallest absolute Gasteiger partial charge is 0.239 e. The molecule has 19 heavy (non-hydrogen) atoms. The molecule has 0 aliphatic carbocycles. The lowest BCUT2D eigenvalue weighted by Gasteiger charge is -2.19. The first kappa shape index (κ1) is 14.8. The van der Waals surface area contributed by atoms with Gasteiger partial charge in [-0.3, -0.25) is 0 Å². The van der Waals surface area contributed by atoms with Crippen LogP contribution in [0.25, 0.3) is 0 Å². The van der Waals surface area contributed by atoms with Gasteiger partial charge in [-0.25, -0.2) is 0 Å². The van der Waals surface area contributed by atoms with Gasteiger partial charge < -0.3 is 9.42 Å². The molecule has 0 saturated carbocycles. The topological polar surface area (TPSA) is 42.2 Å². The van der Waals surface area contributed by atoms with Gasteiger partial charge in [0.1, 0.15) is 4.32 Å². The van der Waals surface area contributed by atoms with Crippen molar-refractivity contribution in [3.05, 3.63) is 11.7 Å². The van der Waals surface area contributed by atoms with Crippen molar-refractivity contribution in [2.24, 2.45) is 0 Å². The van der Waals surface area contributed by atoms with Gasteiger partial charge in [-0.1, -0.05) is 42.5 Å². The molecule has 0 aromatic carbocycles. The molecule has 2 rings (SSSR count). The van der Waals surface area contributed by atoms with E-state index in [-0.39, 0.29) is 5.25 Å². The van der Waals surface area contributed by atoms with Crippen molar-refractivity contribution in [1.29, 1.82) is 0 Å². The van der Waals surface area contributed by atoms with E-state index < -0.39 is 0 Å².